The molecule has 1 aliphatic heterocycles. The molecule has 5 nitrogen and oxygen atoms in total. The highest BCUT2D eigenvalue weighted by atomic mass is 32.1. The number of anilines is 1. The van der Waals surface area contributed by atoms with Gasteiger partial charge in [0, 0.05) is 11.4 Å². The van der Waals surface area contributed by atoms with Crippen LogP contribution < -0.4 is 5.32 Å². The molecular weight excluding hydrogens is 298 g/mol. The zero-order valence-corrected chi connectivity index (χ0v) is 13.1. The lowest BCUT2D eigenvalue weighted by atomic mass is 10.2. The van der Waals surface area contributed by atoms with Crippen molar-refractivity contribution in [2.45, 2.75) is 18.9 Å². The second-order valence-electron chi connectivity index (χ2n) is 5.37. The average Bonchev–Trinajstić information content (AvgIpc) is 3.21. The Kier molecular flexibility index (Phi) is 4.70. The summed E-state index contributed by atoms with van der Waals surface area (Å²) in [4.78, 5) is 18.9. The number of nitrogens with zero attached hydrogens (tertiary/aromatic N) is 2. The molecule has 2 aromatic heterocycles. The Morgan fingerprint density at radius 1 is 1.32 bits per heavy atom. The molecule has 1 saturated heterocycles. The molecule has 1 aliphatic rings. The third-order valence-electron chi connectivity index (χ3n) is 3.90. The standard InChI is InChI=1S/C16H19N3O2S/c20-16(21)12-5-3-7-15(18-12)17-11-13(14-6-4-10-22-14)19-8-1-2-9-19/h3-7,10,13H,1-2,8-9,11H2,(H,17,18)(H,20,21). The third kappa shape index (κ3) is 3.45. The number of carboxylic acids is 1. The predicted octanol–water partition coefficient (Wildman–Crippen LogP) is 3.09. The van der Waals surface area contributed by atoms with Gasteiger partial charge in [0.2, 0.25) is 0 Å². The highest BCUT2D eigenvalue weighted by Gasteiger charge is 2.24. The molecule has 0 aliphatic carbocycles. The Morgan fingerprint density at radius 2 is 2.14 bits per heavy atom. The van der Waals surface area contributed by atoms with Crippen molar-refractivity contribution in [2.75, 3.05) is 25.0 Å². The van der Waals surface area contributed by atoms with Crippen LogP contribution in [0.15, 0.2) is 35.7 Å². The first-order valence-corrected chi connectivity index (χ1v) is 8.33. The molecule has 1 fully saturated rings. The van der Waals surface area contributed by atoms with Gasteiger partial charge in [-0.25, -0.2) is 9.78 Å². The van der Waals surface area contributed by atoms with Gasteiger partial charge in [-0.1, -0.05) is 12.1 Å². The fourth-order valence-electron chi connectivity index (χ4n) is 2.80. The van der Waals surface area contributed by atoms with Gasteiger partial charge in [-0.05, 0) is 49.5 Å². The number of rotatable bonds is 6. The number of aromatic carboxylic acids is 1. The minimum Gasteiger partial charge on any atom is -0.477 e. The van der Waals surface area contributed by atoms with E-state index in [1.54, 1.807) is 17.4 Å². The molecule has 3 heterocycles. The van der Waals surface area contributed by atoms with E-state index in [9.17, 15) is 4.79 Å². The van der Waals surface area contributed by atoms with Crippen molar-refractivity contribution in [3.63, 3.8) is 0 Å². The normalized spacial score (nSPS) is 16.5. The number of pyridine rings is 1. The number of carbonyl (C=O) groups is 1. The second-order valence-corrected chi connectivity index (χ2v) is 6.35. The van der Waals surface area contributed by atoms with Crippen molar-refractivity contribution in [3.8, 4) is 0 Å². The lowest BCUT2D eigenvalue weighted by molar-refractivity contribution is 0.0690. The van der Waals surface area contributed by atoms with E-state index < -0.39 is 5.97 Å². The van der Waals surface area contributed by atoms with E-state index in [-0.39, 0.29) is 5.69 Å². The van der Waals surface area contributed by atoms with E-state index in [4.69, 9.17) is 5.11 Å². The van der Waals surface area contributed by atoms with Gasteiger partial charge in [0.25, 0.3) is 0 Å². The molecule has 0 bridgehead atoms. The molecule has 0 amide bonds. The lowest BCUT2D eigenvalue weighted by Gasteiger charge is -2.27. The molecule has 6 heteroatoms. The van der Waals surface area contributed by atoms with Crippen molar-refractivity contribution < 1.29 is 9.90 Å². The third-order valence-corrected chi connectivity index (χ3v) is 4.87. The molecule has 0 spiro atoms. The Morgan fingerprint density at radius 3 is 2.82 bits per heavy atom. The Hall–Kier alpha value is -1.92. The molecule has 116 valence electrons. The van der Waals surface area contributed by atoms with Crippen LogP contribution >= 0.6 is 11.3 Å². The van der Waals surface area contributed by atoms with Crippen molar-refractivity contribution in [1.82, 2.24) is 9.88 Å². The van der Waals surface area contributed by atoms with Crippen LogP contribution in [-0.2, 0) is 0 Å². The molecule has 0 aromatic carbocycles. The zero-order valence-electron chi connectivity index (χ0n) is 12.2. The van der Waals surface area contributed by atoms with Crippen molar-refractivity contribution >= 4 is 23.1 Å². The number of thiophene rings is 1. The number of likely N-dealkylation sites (tertiary alicyclic amines) is 1. The van der Waals surface area contributed by atoms with Gasteiger partial charge in [0.05, 0.1) is 6.04 Å². The number of nitrogens with one attached hydrogen (secondary N) is 1. The fraction of sp³-hybridized carbons (Fsp3) is 0.375. The maximum Gasteiger partial charge on any atom is 0.354 e. The van der Waals surface area contributed by atoms with E-state index in [2.05, 4.69) is 32.7 Å². The molecule has 22 heavy (non-hydrogen) atoms. The Balaban J connectivity index is 1.71. The first-order valence-electron chi connectivity index (χ1n) is 7.46. The van der Waals surface area contributed by atoms with Gasteiger partial charge in [-0.3, -0.25) is 4.90 Å². The van der Waals surface area contributed by atoms with Crippen LogP contribution in [0.2, 0.25) is 0 Å². The van der Waals surface area contributed by atoms with Gasteiger partial charge >= 0.3 is 5.97 Å². The maximum atomic E-state index is 11.0. The molecule has 3 rings (SSSR count). The van der Waals surface area contributed by atoms with Crippen LogP contribution in [0.4, 0.5) is 5.82 Å². The Bertz CT molecular complexity index is 624. The quantitative estimate of drug-likeness (QED) is 0.857. The number of hydrogen-bond acceptors (Lipinski definition) is 5. The van der Waals surface area contributed by atoms with E-state index in [0.717, 1.165) is 19.6 Å². The van der Waals surface area contributed by atoms with Gasteiger partial charge in [0.1, 0.15) is 5.82 Å². The minimum atomic E-state index is -1.00. The number of carboxylic acid groups (broad SMARTS) is 1. The van der Waals surface area contributed by atoms with Crippen molar-refractivity contribution in [2.24, 2.45) is 0 Å². The summed E-state index contributed by atoms with van der Waals surface area (Å²) in [6, 6.07) is 9.59. The van der Waals surface area contributed by atoms with Gasteiger partial charge in [-0.15, -0.1) is 11.3 Å². The molecule has 0 saturated carbocycles. The summed E-state index contributed by atoms with van der Waals surface area (Å²) in [5.41, 5.74) is 0.0684. The average molecular weight is 317 g/mol. The van der Waals surface area contributed by atoms with Crippen LogP contribution in [0.5, 0.6) is 0 Å². The largest absolute Gasteiger partial charge is 0.477 e. The summed E-state index contributed by atoms with van der Waals surface area (Å²) in [6.45, 7) is 2.97. The van der Waals surface area contributed by atoms with Crippen LogP contribution in [-0.4, -0.2) is 40.6 Å². The Labute approximate surface area is 133 Å². The van der Waals surface area contributed by atoms with Crippen molar-refractivity contribution in [1.29, 1.82) is 0 Å². The highest BCUT2D eigenvalue weighted by Crippen LogP contribution is 2.28. The second kappa shape index (κ2) is 6.89. The van der Waals surface area contributed by atoms with Crippen LogP contribution in [0, 0.1) is 0 Å². The minimum absolute atomic E-state index is 0.0684. The van der Waals surface area contributed by atoms with Gasteiger partial charge < -0.3 is 10.4 Å². The summed E-state index contributed by atoms with van der Waals surface area (Å²) in [6.07, 6.45) is 2.49. The fourth-order valence-corrected chi connectivity index (χ4v) is 3.66. The first-order chi connectivity index (χ1) is 10.7. The summed E-state index contributed by atoms with van der Waals surface area (Å²) < 4.78 is 0. The summed E-state index contributed by atoms with van der Waals surface area (Å²) in [7, 11) is 0. The van der Waals surface area contributed by atoms with E-state index in [0.29, 0.717) is 11.9 Å². The predicted molar refractivity (Wildman–Crippen MR) is 87.6 cm³/mol. The lowest BCUT2D eigenvalue weighted by Crippen LogP contribution is -2.30. The van der Waals surface area contributed by atoms with Crippen LogP contribution in [0.25, 0.3) is 0 Å². The highest BCUT2D eigenvalue weighted by molar-refractivity contribution is 7.10. The SMILES string of the molecule is O=C(O)c1cccc(NCC(c2cccs2)N2CCCC2)n1. The summed E-state index contributed by atoms with van der Waals surface area (Å²) >= 11 is 1.76. The molecule has 1 atom stereocenters. The number of aromatic nitrogens is 1. The van der Waals surface area contributed by atoms with Crippen LogP contribution in [0.1, 0.15) is 34.2 Å². The molecular formula is C16H19N3O2S. The van der Waals surface area contributed by atoms with E-state index in [1.807, 2.05) is 6.07 Å². The maximum absolute atomic E-state index is 11.0. The monoisotopic (exact) mass is 317 g/mol. The van der Waals surface area contributed by atoms with E-state index >= 15 is 0 Å². The van der Waals surface area contributed by atoms with Gasteiger partial charge in [-0.2, -0.15) is 0 Å². The summed E-state index contributed by atoms with van der Waals surface area (Å²) in [5.74, 6) is -0.390. The molecule has 1 unspecified atom stereocenters. The van der Waals surface area contributed by atoms with Gasteiger partial charge in [0.15, 0.2) is 5.69 Å². The summed E-state index contributed by atoms with van der Waals surface area (Å²) in [5, 5.41) is 14.4. The molecule has 2 aromatic rings. The topological polar surface area (TPSA) is 65.5 Å². The number of hydrogen-bond donors (Lipinski definition) is 2. The smallest absolute Gasteiger partial charge is 0.354 e. The van der Waals surface area contributed by atoms with E-state index in [1.165, 1.54) is 23.8 Å². The van der Waals surface area contributed by atoms with Crippen LogP contribution in [0.3, 0.4) is 0 Å². The molecule has 2 N–H and O–H groups in total. The first kappa shape index (κ1) is 15.0. The van der Waals surface area contributed by atoms with Crippen molar-refractivity contribution in [3.05, 3.63) is 46.3 Å². The molecule has 0 radical (unpaired) electrons. The zero-order chi connectivity index (χ0) is 15.4.